The van der Waals surface area contributed by atoms with E-state index >= 15 is 0 Å². The second kappa shape index (κ2) is 6.63. The molecule has 5 heteroatoms. The first-order valence-electron chi connectivity index (χ1n) is 8.06. The molecule has 0 amide bonds. The Morgan fingerprint density at radius 1 is 1.27 bits per heavy atom. The van der Waals surface area contributed by atoms with Crippen LogP contribution in [0.15, 0.2) is 6.33 Å². The van der Waals surface area contributed by atoms with Crippen molar-refractivity contribution >= 4 is 11.8 Å². The Morgan fingerprint density at radius 3 is 2.45 bits per heavy atom. The molecule has 1 aromatic rings. The Balaban J connectivity index is 2.03. The van der Waals surface area contributed by atoms with Gasteiger partial charge >= 0.3 is 5.97 Å². The second-order valence-corrected chi connectivity index (χ2v) is 7.42. The van der Waals surface area contributed by atoms with E-state index in [0.717, 1.165) is 24.5 Å². The van der Waals surface area contributed by atoms with Crippen LogP contribution in [0, 0.1) is 18.3 Å². The number of carboxylic acid groups (broad SMARTS) is 1. The molecule has 0 spiro atoms. The smallest absolute Gasteiger partial charge is 0.308 e. The van der Waals surface area contributed by atoms with E-state index in [4.69, 9.17) is 5.11 Å². The zero-order chi connectivity index (χ0) is 16.3. The van der Waals surface area contributed by atoms with E-state index in [-0.39, 0.29) is 6.42 Å². The minimum atomic E-state index is -0.850. The quantitative estimate of drug-likeness (QED) is 0.891. The van der Waals surface area contributed by atoms with Crippen molar-refractivity contribution in [3.63, 3.8) is 0 Å². The van der Waals surface area contributed by atoms with Gasteiger partial charge < -0.3 is 10.4 Å². The maximum absolute atomic E-state index is 11.0. The van der Waals surface area contributed by atoms with E-state index in [1.54, 1.807) is 0 Å². The van der Waals surface area contributed by atoms with Crippen LogP contribution >= 0.6 is 0 Å². The van der Waals surface area contributed by atoms with Crippen LogP contribution in [0.5, 0.6) is 0 Å². The molecule has 1 aliphatic rings. The van der Waals surface area contributed by atoms with Gasteiger partial charge in [-0.3, -0.25) is 4.79 Å². The molecule has 1 aromatic heterocycles. The first-order valence-corrected chi connectivity index (χ1v) is 8.06. The van der Waals surface area contributed by atoms with Crippen molar-refractivity contribution in [3.05, 3.63) is 17.6 Å². The van der Waals surface area contributed by atoms with Gasteiger partial charge in [-0.15, -0.1) is 0 Å². The summed E-state index contributed by atoms with van der Waals surface area (Å²) in [5.74, 6) is 0.600. The molecule has 22 heavy (non-hydrogen) atoms. The summed E-state index contributed by atoms with van der Waals surface area (Å²) in [6, 6.07) is 0.375. The fourth-order valence-electron chi connectivity index (χ4n) is 3.28. The Hall–Kier alpha value is -1.65. The first-order chi connectivity index (χ1) is 10.3. The van der Waals surface area contributed by atoms with Gasteiger partial charge in [-0.1, -0.05) is 20.8 Å². The fraction of sp³-hybridized carbons (Fsp3) is 0.706. The standard InChI is InChI=1S/C17H27N3O2/c1-11-14(9-15(21)22)16(19-10-18-11)20-13-7-5-12(6-8-13)17(2,3)4/h10,12-13H,5-9H2,1-4H3,(H,21,22)(H,18,19,20). The van der Waals surface area contributed by atoms with Gasteiger partial charge in [0.2, 0.25) is 0 Å². The number of aliphatic carboxylic acids is 1. The SMILES string of the molecule is Cc1ncnc(NC2CCC(C(C)(C)C)CC2)c1CC(=O)O. The van der Waals surface area contributed by atoms with E-state index in [9.17, 15) is 4.79 Å². The molecular formula is C17H27N3O2. The van der Waals surface area contributed by atoms with Crippen LogP contribution in [0.25, 0.3) is 0 Å². The van der Waals surface area contributed by atoms with Crippen LogP contribution in [-0.4, -0.2) is 27.1 Å². The molecule has 0 aliphatic heterocycles. The van der Waals surface area contributed by atoms with Crippen molar-refractivity contribution in [3.8, 4) is 0 Å². The average Bonchev–Trinajstić information content (AvgIpc) is 2.42. The highest BCUT2D eigenvalue weighted by molar-refractivity contribution is 5.73. The van der Waals surface area contributed by atoms with Gasteiger partial charge in [0.15, 0.2) is 0 Å². The van der Waals surface area contributed by atoms with Crippen LogP contribution in [0.2, 0.25) is 0 Å². The predicted octanol–water partition coefficient (Wildman–Crippen LogP) is 3.43. The highest BCUT2D eigenvalue weighted by atomic mass is 16.4. The van der Waals surface area contributed by atoms with Gasteiger partial charge in [0.1, 0.15) is 12.1 Å². The number of hydrogen-bond donors (Lipinski definition) is 2. The molecule has 1 aliphatic carbocycles. The number of anilines is 1. The summed E-state index contributed by atoms with van der Waals surface area (Å²) in [5, 5.41) is 12.5. The van der Waals surface area contributed by atoms with Gasteiger partial charge in [0.25, 0.3) is 0 Å². The van der Waals surface area contributed by atoms with Crippen molar-refractivity contribution in [1.82, 2.24) is 9.97 Å². The lowest BCUT2D eigenvalue weighted by Crippen LogP contribution is -2.32. The number of nitrogens with zero attached hydrogens (tertiary/aromatic N) is 2. The van der Waals surface area contributed by atoms with E-state index < -0.39 is 5.97 Å². The maximum Gasteiger partial charge on any atom is 0.308 e. The second-order valence-electron chi connectivity index (χ2n) is 7.42. The van der Waals surface area contributed by atoms with Crippen molar-refractivity contribution in [2.45, 2.75) is 65.8 Å². The molecule has 1 saturated carbocycles. The van der Waals surface area contributed by atoms with Crippen molar-refractivity contribution < 1.29 is 9.90 Å². The normalized spacial score (nSPS) is 22.4. The molecule has 0 unspecified atom stereocenters. The summed E-state index contributed by atoms with van der Waals surface area (Å²) >= 11 is 0. The third kappa shape index (κ3) is 4.18. The summed E-state index contributed by atoms with van der Waals surface area (Å²) in [6.07, 6.45) is 6.10. The molecule has 0 atom stereocenters. The highest BCUT2D eigenvalue weighted by Gasteiger charge is 2.30. The van der Waals surface area contributed by atoms with Crippen LogP contribution in [0.1, 0.15) is 57.7 Å². The van der Waals surface area contributed by atoms with E-state index in [1.165, 1.54) is 19.2 Å². The Kier molecular flexibility index (Phi) is 5.04. The molecule has 0 radical (unpaired) electrons. The molecule has 2 rings (SSSR count). The van der Waals surface area contributed by atoms with E-state index in [0.29, 0.717) is 22.8 Å². The minimum Gasteiger partial charge on any atom is -0.481 e. The third-order valence-electron chi connectivity index (χ3n) is 4.78. The average molecular weight is 305 g/mol. The van der Waals surface area contributed by atoms with Gasteiger partial charge in [0, 0.05) is 17.3 Å². The van der Waals surface area contributed by atoms with Crippen LogP contribution in [-0.2, 0) is 11.2 Å². The monoisotopic (exact) mass is 305 g/mol. The number of carboxylic acids is 1. The number of rotatable bonds is 4. The molecule has 122 valence electrons. The van der Waals surface area contributed by atoms with Crippen molar-refractivity contribution in [2.75, 3.05) is 5.32 Å². The van der Waals surface area contributed by atoms with Gasteiger partial charge in [0.05, 0.1) is 6.42 Å². The molecule has 1 fully saturated rings. The molecule has 5 nitrogen and oxygen atoms in total. The molecule has 0 aromatic carbocycles. The van der Waals surface area contributed by atoms with Crippen molar-refractivity contribution in [1.29, 1.82) is 0 Å². The largest absolute Gasteiger partial charge is 0.481 e. The lowest BCUT2D eigenvalue weighted by Gasteiger charge is -2.37. The third-order valence-corrected chi connectivity index (χ3v) is 4.78. The number of nitrogens with one attached hydrogen (secondary N) is 1. The van der Waals surface area contributed by atoms with Crippen LogP contribution in [0.3, 0.4) is 0 Å². The summed E-state index contributed by atoms with van der Waals surface area (Å²) in [7, 11) is 0. The maximum atomic E-state index is 11.0. The zero-order valence-electron chi connectivity index (χ0n) is 14.0. The van der Waals surface area contributed by atoms with Gasteiger partial charge in [-0.2, -0.15) is 0 Å². The number of aromatic nitrogens is 2. The summed E-state index contributed by atoms with van der Waals surface area (Å²) in [4.78, 5) is 19.4. The first kappa shape index (κ1) is 16.7. The summed E-state index contributed by atoms with van der Waals surface area (Å²) < 4.78 is 0. The number of hydrogen-bond acceptors (Lipinski definition) is 4. The molecule has 2 N–H and O–H groups in total. The van der Waals surface area contributed by atoms with Crippen molar-refractivity contribution in [2.24, 2.45) is 11.3 Å². The highest BCUT2D eigenvalue weighted by Crippen LogP contribution is 2.38. The number of carbonyl (C=O) groups is 1. The lowest BCUT2D eigenvalue weighted by atomic mass is 9.71. The topological polar surface area (TPSA) is 75.1 Å². The molecular weight excluding hydrogens is 278 g/mol. The Bertz CT molecular complexity index is 529. The Labute approximate surface area is 132 Å². The number of aryl methyl sites for hydroxylation is 1. The zero-order valence-corrected chi connectivity index (χ0v) is 14.0. The Morgan fingerprint density at radius 2 is 1.91 bits per heavy atom. The molecule has 0 saturated heterocycles. The van der Waals surface area contributed by atoms with Crippen LogP contribution < -0.4 is 5.32 Å². The van der Waals surface area contributed by atoms with Gasteiger partial charge in [-0.05, 0) is 43.9 Å². The summed E-state index contributed by atoms with van der Waals surface area (Å²) in [6.45, 7) is 8.76. The van der Waals surface area contributed by atoms with E-state index in [1.807, 2.05) is 6.92 Å². The summed E-state index contributed by atoms with van der Waals surface area (Å²) in [5.41, 5.74) is 1.81. The molecule has 0 bridgehead atoms. The predicted molar refractivity (Wildman–Crippen MR) is 86.9 cm³/mol. The van der Waals surface area contributed by atoms with E-state index in [2.05, 4.69) is 36.1 Å². The molecule has 1 heterocycles. The minimum absolute atomic E-state index is 0.0354. The van der Waals surface area contributed by atoms with Crippen LogP contribution in [0.4, 0.5) is 5.82 Å². The lowest BCUT2D eigenvalue weighted by molar-refractivity contribution is -0.136. The fourth-order valence-corrected chi connectivity index (χ4v) is 3.28. The van der Waals surface area contributed by atoms with Gasteiger partial charge in [-0.25, -0.2) is 9.97 Å².